The van der Waals surface area contributed by atoms with E-state index in [1.54, 1.807) is 24.3 Å². The number of para-hydroxylation sites is 1. The van der Waals surface area contributed by atoms with Crippen LogP contribution in [-0.2, 0) is 14.4 Å². The number of anilines is 1. The maximum Gasteiger partial charge on any atom is 0.317 e. The predicted octanol–water partition coefficient (Wildman–Crippen LogP) is 2.61. The number of carbonyl (C=O) groups excluding carboxylic acids is 1. The molecule has 1 rings (SSSR count). The Kier molecular flexibility index (Phi) is 12.4. The molecule has 0 saturated carbocycles. The lowest BCUT2D eigenvalue weighted by Crippen LogP contribution is -2.43. The first-order valence-electron chi connectivity index (χ1n) is 10.5. The van der Waals surface area contributed by atoms with Crippen molar-refractivity contribution in [3.05, 3.63) is 30.3 Å². The first kappa shape index (κ1) is 25.6. The van der Waals surface area contributed by atoms with E-state index in [-0.39, 0.29) is 25.5 Å². The van der Waals surface area contributed by atoms with Gasteiger partial charge in [-0.1, -0.05) is 51.3 Å². The zero-order valence-corrected chi connectivity index (χ0v) is 18.0. The monoisotopic (exact) mass is 421 g/mol. The third-order valence-corrected chi connectivity index (χ3v) is 4.63. The summed E-state index contributed by atoms with van der Waals surface area (Å²) < 4.78 is 0. The van der Waals surface area contributed by atoms with E-state index in [0.29, 0.717) is 31.2 Å². The van der Waals surface area contributed by atoms with Crippen LogP contribution < -0.4 is 5.32 Å². The highest BCUT2D eigenvalue weighted by atomic mass is 16.4. The van der Waals surface area contributed by atoms with Crippen molar-refractivity contribution in [3.8, 4) is 0 Å². The number of rotatable bonds is 16. The Labute approximate surface area is 178 Å². The summed E-state index contributed by atoms with van der Waals surface area (Å²) in [5.74, 6) is -1.59. The van der Waals surface area contributed by atoms with Crippen LogP contribution in [0.25, 0.3) is 0 Å². The van der Waals surface area contributed by atoms with Gasteiger partial charge in [0.25, 0.3) is 0 Å². The molecule has 0 aromatic heterocycles. The molecule has 0 aliphatic carbocycles. The number of hydrogen-bond acceptors (Lipinski definition) is 5. The highest BCUT2D eigenvalue weighted by molar-refractivity contribution is 5.92. The van der Waals surface area contributed by atoms with Gasteiger partial charge in [-0.15, -0.1) is 0 Å². The molecular weight excluding hydrogens is 386 g/mol. The number of benzene rings is 1. The molecule has 1 aromatic carbocycles. The largest absolute Gasteiger partial charge is 0.480 e. The maximum absolute atomic E-state index is 12.3. The van der Waals surface area contributed by atoms with Crippen LogP contribution in [0.3, 0.4) is 0 Å². The number of carbonyl (C=O) groups is 3. The first-order chi connectivity index (χ1) is 14.3. The molecule has 0 radical (unpaired) electrons. The van der Waals surface area contributed by atoms with Gasteiger partial charge in [-0.05, 0) is 31.0 Å². The number of amides is 1. The number of nitrogens with zero attached hydrogens (tertiary/aromatic N) is 2. The van der Waals surface area contributed by atoms with Crippen LogP contribution in [0.2, 0.25) is 0 Å². The summed E-state index contributed by atoms with van der Waals surface area (Å²) in [5, 5.41) is 21.1. The molecule has 8 nitrogen and oxygen atoms in total. The Morgan fingerprint density at radius 3 is 2.03 bits per heavy atom. The predicted molar refractivity (Wildman–Crippen MR) is 117 cm³/mol. The van der Waals surface area contributed by atoms with Crippen LogP contribution in [0.1, 0.15) is 39.5 Å². The molecule has 8 heteroatoms. The molecule has 168 valence electrons. The average molecular weight is 422 g/mol. The van der Waals surface area contributed by atoms with Crippen LogP contribution in [0, 0.1) is 5.92 Å². The highest BCUT2D eigenvalue weighted by Crippen LogP contribution is 2.09. The Bertz CT molecular complexity index is 651. The van der Waals surface area contributed by atoms with Gasteiger partial charge >= 0.3 is 11.9 Å². The van der Waals surface area contributed by atoms with Gasteiger partial charge in [-0.3, -0.25) is 24.2 Å². The molecule has 0 unspecified atom stereocenters. The second kappa shape index (κ2) is 14.5. The van der Waals surface area contributed by atoms with Gasteiger partial charge in [0.1, 0.15) is 0 Å². The van der Waals surface area contributed by atoms with Crippen molar-refractivity contribution in [3.63, 3.8) is 0 Å². The van der Waals surface area contributed by atoms with Gasteiger partial charge < -0.3 is 15.5 Å². The highest BCUT2D eigenvalue weighted by Gasteiger charge is 2.17. The molecule has 0 atom stereocenters. The van der Waals surface area contributed by atoms with E-state index >= 15 is 0 Å². The summed E-state index contributed by atoms with van der Waals surface area (Å²) in [6.45, 7) is 5.25. The van der Waals surface area contributed by atoms with Crippen molar-refractivity contribution in [1.82, 2.24) is 9.80 Å². The minimum absolute atomic E-state index is 0.0729. The molecule has 0 aliphatic heterocycles. The molecule has 0 fully saturated rings. The summed E-state index contributed by atoms with van der Waals surface area (Å²) in [7, 11) is 0. The fraction of sp³-hybridized carbons (Fsp3) is 0.591. The summed E-state index contributed by atoms with van der Waals surface area (Å²) in [5.41, 5.74) is 0.645. The van der Waals surface area contributed by atoms with E-state index in [4.69, 9.17) is 10.2 Å². The quantitative estimate of drug-likeness (QED) is 0.352. The molecule has 0 aliphatic rings. The smallest absolute Gasteiger partial charge is 0.317 e. The number of unbranched alkanes of at least 4 members (excludes halogenated alkanes) is 2. The van der Waals surface area contributed by atoms with E-state index in [2.05, 4.69) is 19.2 Å². The lowest BCUT2D eigenvalue weighted by molar-refractivity contribution is -0.140. The number of nitrogens with one attached hydrogen (secondary N) is 1. The maximum atomic E-state index is 12.3. The van der Waals surface area contributed by atoms with Crippen molar-refractivity contribution < 1.29 is 24.6 Å². The van der Waals surface area contributed by atoms with Crippen molar-refractivity contribution in [1.29, 1.82) is 0 Å². The standard InChI is InChI=1S/C22H35N3O5/c1-18(2)9-5-4-8-12-24(16-21(27)28)13-14-25(17-22(29)30)15-20(26)23-19-10-6-3-7-11-19/h3,6-7,10-11,18H,4-5,8-9,12-17H2,1-2H3,(H,23,26)(H,27,28)(H,29,30). The Morgan fingerprint density at radius 2 is 1.43 bits per heavy atom. The summed E-state index contributed by atoms with van der Waals surface area (Å²) in [6, 6.07) is 8.96. The van der Waals surface area contributed by atoms with Crippen LogP contribution in [0.4, 0.5) is 5.69 Å². The van der Waals surface area contributed by atoms with E-state index < -0.39 is 11.9 Å². The van der Waals surface area contributed by atoms with Crippen LogP contribution in [0.5, 0.6) is 0 Å². The summed E-state index contributed by atoms with van der Waals surface area (Å²) in [4.78, 5) is 38.0. The Morgan fingerprint density at radius 1 is 0.833 bits per heavy atom. The normalized spacial score (nSPS) is 11.2. The second-order valence-electron chi connectivity index (χ2n) is 7.93. The molecular formula is C22H35N3O5. The lowest BCUT2D eigenvalue weighted by atomic mass is 10.1. The summed E-state index contributed by atoms with van der Waals surface area (Å²) >= 11 is 0. The fourth-order valence-corrected chi connectivity index (χ4v) is 3.14. The third kappa shape index (κ3) is 12.9. The van der Waals surface area contributed by atoms with Crippen LogP contribution >= 0.6 is 0 Å². The van der Waals surface area contributed by atoms with Gasteiger partial charge in [-0.2, -0.15) is 0 Å². The van der Waals surface area contributed by atoms with E-state index in [9.17, 15) is 14.4 Å². The van der Waals surface area contributed by atoms with Gasteiger partial charge in [-0.25, -0.2) is 0 Å². The Hall–Kier alpha value is -2.45. The Balaban J connectivity index is 2.54. The molecule has 30 heavy (non-hydrogen) atoms. The molecule has 0 heterocycles. The van der Waals surface area contributed by atoms with Crippen molar-refractivity contribution in [2.24, 2.45) is 5.92 Å². The number of aliphatic carboxylic acids is 2. The molecule has 0 spiro atoms. The molecule has 0 saturated heterocycles. The fourth-order valence-electron chi connectivity index (χ4n) is 3.14. The minimum atomic E-state index is -1.03. The lowest BCUT2D eigenvalue weighted by Gasteiger charge is -2.25. The zero-order valence-electron chi connectivity index (χ0n) is 18.0. The van der Waals surface area contributed by atoms with Crippen LogP contribution in [-0.4, -0.2) is 77.1 Å². The number of carboxylic acids is 2. The van der Waals surface area contributed by atoms with Crippen molar-refractivity contribution >= 4 is 23.5 Å². The van der Waals surface area contributed by atoms with Crippen molar-refractivity contribution in [2.45, 2.75) is 39.5 Å². The average Bonchev–Trinajstić information content (AvgIpc) is 2.65. The van der Waals surface area contributed by atoms with Gasteiger partial charge in [0.2, 0.25) is 5.91 Å². The number of hydrogen-bond donors (Lipinski definition) is 3. The van der Waals surface area contributed by atoms with Crippen LogP contribution in [0.15, 0.2) is 30.3 Å². The minimum Gasteiger partial charge on any atom is -0.480 e. The van der Waals surface area contributed by atoms with Gasteiger partial charge in [0.15, 0.2) is 0 Å². The first-order valence-corrected chi connectivity index (χ1v) is 10.5. The van der Waals surface area contributed by atoms with E-state index in [1.807, 2.05) is 11.0 Å². The second-order valence-corrected chi connectivity index (χ2v) is 7.93. The molecule has 3 N–H and O–H groups in total. The third-order valence-electron chi connectivity index (χ3n) is 4.63. The SMILES string of the molecule is CC(C)CCCCCN(CCN(CC(=O)O)CC(=O)Nc1ccccc1)CC(=O)O. The van der Waals surface area contributed by atoms with E-state index in [1.165, 1.54) is 4.90 Å². The molecule has 1 aromatic rings. The van der Waals surface area contributed by atoms with Gasteiger partial charge in [0, 0.05) is 18.8 Å². The molecule has 0 bridgehead atoms. The van der Waals surface area contributed by atoms with Gasteiger partial charge in [0.05, 0.1) is 19.6 Å². The number of carboxylic acid groups (broad SMARTS) is 2. The van der Waals surface area contributed by atoms with Crippen molar-refractivity contribution in [2.75, 3.05) is 44.6 Å². The van der Waals surface area contributed by atoms with E-state index in [0.717, 1.165) is 25.7 Å². The zero-order chi connectivity index (χ0) is 22.4. The molecule has 1 amide bonds. The summed E-state index contributed by atoms with van der Waals surface area (Å²) in [6.07, 6.45) is 4.20. The topological polar surface area (TPSA) is 110 Å².